The zero-order valence-corrected chi connectivity index (χ0v) is 20.7. The number of benzene rings is 3. The van der Waals surface area contributed by atoms with Crippen LogP contribution in [0.1, 0.15) is 24.0 Å². The minimum absolute atomic E-state index is 0.0287. The van der Waals surface area contributed by atoms with Gasteiger partial charge in [0.2, 0.25) is 0 Å². The number of carbonyl (C=O) groups is 1. The third-order valence-electron chi connectivity index (χ3n) is 4.78. The van der Waals surface area contributed by atoms with Gasteiger partial charge in [-0.05, 0) is 55.0 Å². The van der Waals surface area contributed by atoms with E-state index in [4.69, 9.17) is 55.9 Å². The lowest BCUT2D eigenvalue weighted by Gasteiger charge is -2.19. The lowest BCUT2D eigenvalue weighted by atomic mass is 9.93. The highest BCUT2D eigenvalue weighted by atomic mass is 35.5. The summed E-state index contributed by atoms with van der Waals surface area (Å²) >= 11 is 24.1. The predicted molar refractivity (Wildman–Crippen MR) is 128 cm³/mol. The van der Waals surface area contributed by atoms with E-state index in [0.29, 0.717) is 5.02 Å². The quantitative estimate of drug-likeness (QED) is 0.289. The maximum atomic E-state index is 12.9. The molecule has 0 radical (unpaired) electrons. The number of rotatable bonds is 7. The first-order valence-corrected chi connectivity index (χ1v) is 11.3. The Bertz CT molecular complexity index is 1310. The fraction of sp³-hybridized carbons (Fsp3) is 0.167. The average Bonchev–Trinajstić information content (AvgIpc) is 2.78. The lowest BCUT2D eigenvalue weighted by Crippen LogP contribution is -2.29. The number of halogens is 7. The summed E-state index contributed by atoms with van der Waals surface area (Å²) in [7, 11) is 0. The van der Waals surface area contributed by atoms with Crippen LogP contribution in [0.15, 0.2) is 54.6 Å². The SMILES string of the molecule is CC(Oc1cc(Oc2ccc(C(F)(F)F)cc2Cl)ccc1Cl)C(=O)C(C#N)c1ccc(Cl)cc1Cl. The first kappa shape index (κ1) is 27.0. The van der Waals surface area contributed by atoms with Crippen LogP contribution >= 0.6 is 46.4 Å². The molecular weight excluding hydrogens is 549 g/mol. The molecule has 11 heteroatoms. The van der Waals surface area contributed by atoms with Gasteiger partial charge in [0, 0.05) is 16.1 Å². The first-order chi connectivity index (χ1) is 16.4. The molecule has 4 nitrogen and oxygen atoms in total. The number of ketones is 1. The average molecular weight is 563 g/mol. The molecule has 3 aromatic rings. The number of hydrogen-bond acceptors (Lipinski definition) is 4. The summed E-state index contributed by atoms with van der Waals surface area (Å²) in [6.07, 6.45) is -5.67. The number of Topliss-reactive ketones (excluding diaryl/α,β-unsaturated/α-hetero) is 1. The van der Waals surface area contributed by atoms with Crippen LogP contribution < -0.4 is 9.47 Å². The summed E-state index contributed by atoms with van der Waals surface area (Å²) in [5.74, 6) is -1.64. The molecule has 2 atom stereocenters. The van der Waals surface area contributed by atoms with Crippen LogP contribution in [-0.4, -0.2) is 11.9 Å². The van der Waals surface area contributed by atoms with Gasteiger partial charge in [0.15, 0.2) is 11.9 Å². The van der Waals surface area contributed by atoms with Crippen molar-refractivity contribution in [1.29, 1.82) is 5.26 Å². The van der Waals surface area contributed by atoms with Crippen molar-refractivity contribution in [2.45, 2.75) is 25.1 Å². The second-order valence-corrected chi connectivity index (χ2v) is 8.89. The Morgan fingerprint density at radius 3 is 2.23 bits per heavy atom. The minimum atomic E-state index is -4.55. The fourth-order valence-corrected chi connectivity index (χ4v) is 3.93. The van der Waals surface area contributed by atoms with Gasteiger partial charge < -0.3 is 9.47 Å². The molecule has 0 aliphatic rings. The van der Waals surface area contributed by atoms with Gasteiger partial charge in [0.05, 0.1) is 21.7 Å². The van der Waals surface area contributed by atoms with Crippen molar-refractivity contribution in [3.05, 3.63) is 85.8 Å². The van der Waals surface area contributed by atoms with Crippen LogP contribution in [0.4, 0.5) is 13.2 Å². The van der Waals surface area contributed by atoms with Gasteiger partial charge in [-0.1, -0.05) is 52.5 Å². The van der Waals surface area contributed by atoms with E-state index < -0.39 is 29.5 Å². The molecular formula is C24H14Cl4F3NO3. The zero-order chi connectivity index (χ0) is 25.9. The van der Waals surface area contributed by atoms with Crippen molar-refractivity contribution < 1.29 is 27.4 Å². The van der Waals surface area contributed by atoms with Gasteiger partial charge in [0.25, 0.3) is 0 Å². The number of ether oxygens (including phenoxy) is 2. The van der Waals surface area contributed by atoms with E-state index in [9.17, 15) is 23.2 Å². The fourth-order valence-electron chi connectivity index (χ4n) is 3.03. The molecule has 0 aliphatic heterocycles. The van der Waals surface area contributed by atoms with E-state index in [-0.39, 0.29) is 37.9 Å². The summed E-state index contributed by atoms with van der Waals surface area (Å²) in [4.78, 5) is 12.9. The van der Waals surface area contributed by atoms with Crippen molar-refractivity contribution in [3.8, 4) is 23.3 Å². The third kappa shape index (κ3) is 6.53. The van der Waals surface area contributed by atoms with Crippen molar-refractivity contribution in [1.82, 2.24) is 0 Å². The smallest absolute Gasteiger partial charge is 0.416 e. The Morgan fingerprint density at radius 2 is 1.63 bits per heavy atom. The Balaban J connectivity index is 1.80. The molecule has 3 aromatic carbocycles. The maximum Gasteiger partial charge on any atom is 0.416 e. The highest BCUT2D eigenvalue weighted by Crippen LogP contribution is 2.38. The topological polar surface area (TPSA) is 59.3 Å². The number of alkyl halides is 3. The van der Waals surface area contributed by atoms with Crippen molar-refractivity contribution >= 4 is 52.2 Å². The Labute approximate surface area is 218 Å². The molecule has 0 bridgehead atoms. The Hall–Kier alpha value is -2.63. The number of carbonyl (C=O) groups excluding carboxylic acids is 1. The molecule has 3 rings (SSSR count). The van der Waals surface area contributed by atoms with Gasteiger partial charge in [-0.3, -0.25) is 4.79 Å². The molecule has 0 spiro atoms. The van der Waals surface area contributed by atoms with Gasteiger partial charge in [-0.25, -0.2) is 0 Å². The van der Waals surface area contributed by atoms with Crippen LogP contribution in [0.25, 0.3) is 0 Å². The molecule has 182 valence electrons. The summed E-state index contributed by atoms with van der Waals surface area (Å²) in [5.41, 5.74) is -0.644. The predicted octanol–water partition coefficient (Wildman–Crippen LogP) is 8.76. The van der Waals surface area contributed by atoms with E-state index in [0.717, 1.165) is 18.2 Å². The Kier molecular flexibility index (Phi) is 8.45. The third-order valence-corrected chi connectivity index (χ3v) is 5.95. The van der Waals surface area contributed by atoms with E-state index in [1.807, 2.05) is 6.07 Å². The normalized spacial score (nSPS) is 13.0. The van der Waals surface area contributed by atoms with Gasteiger partial charge in [-0.15, -0.1) is 0 Å². The monoisotopic (exact) mass is 561 g/mol. The summed E-state index contributed by atoms with van der Waals surface area (Å²) < 4.78 is 49.8. The summed E-state index contributed by atoms with van der Waals surface area (Å²) in [5, 5.41) is 9.96. The van der Waals surface area contributed by atoms with E-state index in [2.05, 4.69) is 0 Å². The van der Waals surface area contributed by atoms with Crippen molar-refractivity contribution in [2.75, 3.05) is 0 Å². The highest BCUT2D eigenvalue weighted by molar-refractivity contribution is 6.35. The number of nitrogens with zero attached hydrogens (tertiary/aromatic N) is 1. The summed E-state index contributed by atoms with van der Waals surface area (Å²) in [6, 6.07) is 13.2. The highest BCUT2D eigenvalue weighted by Gasteiger charge is 2.31. The molecule has 2 unspecified atom stereocenters. The van der Waals surface area contributed by atoms with E-state index in [1.54, 1.807) is 0 Å². The molecule has 0 heterocycles. The molecule has 0 saturated heterocycles. The molecule has 0 saturated carbocycles. The molecule has 0 N–H and O–H groups in total. The van der Waals surface area contributed by atoms with Gasteiger partial charge in [-0.2, -0.15) is 18.4 Å². The van der Waals surface area contributed by atoms with Crippen molar-refractivity contribution in [3.63, 3.8) is 0 Å². The first-order valence-electron chi connectivity index (χ1n) is 9.79. The lowest BCUT2D eigenvalue weighted by molar-refractivity contribution is -0.137. The molecule has 0 aliphatic carbocycles. The Morgan fingerprint density at radius 1 is 0.914 bits per heavy atom. The molecule has 0 amide bonds. The second kappa shape index (κ2) is 11.0. The minimum Gasteiger partial charge on any atom is -0.481 e. The van der Waals surface area contributed by atoms with Gasteiger partial charge in [0.1, 0.15) is 23.2 Å². The molecule has 35 heavy (non-hydrogen) atoms. The van der Waals surface area contributed by atoms with Crippen LogP contribution in [0.2, 0.25) is 20.1 Å². The summed E-state index contributed by atoms with van der Waals surface area (Å²) in [6.45, 7) is 1.44. The molecule has 0 aromatic heterocycles. The van der Waals surface area contributed by atoms with E-state index in [1.165, 1.54) is 43.3 Å². The van der Waals surface area contributed by atoms with Crippen LogP contribution in [0.3, 0.4) is 0 Å². The van der Waals surface area contributed by atoms with Crippen LogP contribution in [-0.2, 0) is 11.0 Å². The number of nitriles is 1. The number of hydrogen-bond donors (Lipinski definition) is 0. The maximum absolute atomic E-state index is 12.9. The molecule has 0 fully saturated rings. The zero-order valence-electron chi connectivity index (χ0n) is 17.7. The standard InChI is InChI=1S/C24H14Cl4F3NO3/c1-12(23(33)17(11-32)16-5-3-14(25)9-19(16)27)34-22-10-15(4-6-18(22)26)35-21-7-2-13(8-20(21)28)24(29,30)31/h2-10,12,17H,1H3. The van der Waals surface area contributed by atoms with Crippen molar-refractivity contribution in [2.24, 2.45) is 0 Å². The van der Waals surface area contributed by atoms with Gasteiger partial charge >= 0.3 is 6.18 Å². The second-order valence-electron chi connectivity index (χ2n) is 7.23. The van der Waals surface area contributed by atoms with Crippen LogP contribution in [0.5, 0.6) is 17.2 Å². The van der Waals surface area contributed by atoms with Crippen LogP contribution in [0, 0.1) is 11.3 Å². The largest absolute Gasteiger partial charge is 0.481 e. The van der Waals surface area contributed by atoms with E-state index >= 15 is 0 Å².